The highest BCUT2D eigenvalue weighted by molar-refractivity contribution is 5.94. The van der Waals surface area contributed by atoms with E-state index < -0.39 is 0 Å². The normalized spacial score (nSPS) is 11.0. The minimum absolute atomic E-state index is 0.00974. The molecule has 1 N–H and O–H groups in total. The summed E-state index contributed by atoms with van der Waals surface area (Å²) in [6, 6.07) is 16.0. The number of aromatic nitrogens is 2. The summed E-state index contributed by atoms with van der Waals surface area (Å²) >= 11 is 0. The Morgan fingerprint density at radius 3 is 2.62 bits per heavy atom. The molecule has 0 spiro atoms. The summed E-state index contributed by atoms with van der Waals surface area (Å²) in [6.45, 7) is 5.89. The molecule has 0 atom stereocenters. The van der Waals surface area contributed by atoms with Crippen molar-refractivity contribution in [1.29, 1.82) is 0 Å². The number of benzene rings is 2. The number of imidazole rings is 1. The number of nitrogens with one attached hydrogen (secondary N) is 1. The third-order valence-corrected chi connectivity index (χ3v) is 4.65. The highest BCUT2D eigenvalue weighted by Gasteiger charge is 2.10. The Morgan fingerprint density at radius 1 is 1.08 bits per heavy atom. The van der Waals surface area contributed by atoms with Gasteiger partial charge in [-0.05, 0) is 44.0 Å². The van der Waals surface area contributed by atoms with Crippen molar-refractivity contribution in [2.45, 2.75) is 46.1 Å². The van der Waals surface area contributed by atoms with Crippen LogP contribution in [0.2, 0.25) is 0 Å². The molecule has 0 aliphatic rings. The van der Waals surface area contributed by atoms with Crippen molar-refractivity contribution in [2.75, 3.05) is 6.54 Å². The average Bonchev–Trinajstić information content (AvgIpc) is 3.01. The lowest BCUT2D eigenvalue weighted by Crippen LogP contribution is -2.25. The summed E-state index contributed by atoms with van der Waals surface area (Å²) in [6.07, 6.45) is 4.07. The molecular formula is C22H27N3O. The summed E-state index contributed by atoms with van der Waals surface area (Å²) in [5.74, 6) is 1.11. The molecule has 136 valence electrons. The van der Waals surface area contributed by atoms with Crippen LogP contribution in [0.1, 0.15) is 47.9 Å². The number of nitrogens with zero attached hydrogens (tertiary/aromatic N) is 2. The first-order valence-corrected chi connectivity index (χ1v) is 9.48. The fourth-order valence-electron chi connectivity index (χ4n) is 3.14. The number of hydrogen-bond acceptors (Lipinski definition) is 2. The minimum atomic E-state index is -0.00974. The Balaban J connectivity index is 1.59. The van der Waals surface area contributed by atoms with Crippen molar-refractivity contribution in [3.63, 3.8) is 0 Å². The largest absolute Gasteiger partial charge is 0.352 e. The number of para-hydroxylation sites is 2. The lowest BCUT2D eigenvalue weighted by atomic mass is 10.1. The molecule has 0 bridgehead atoms. The molecular weight excluding hydrogens is 322 g/mol. The molecule has 3 aromatic rings. The number of rotatable bonds is 8. The predicted octanol–water partition coefficient (Wildman–Crippen LogP) is 4.51. The van der Waals surface area contributed by atoms with E-state index in [1.807, 2.05) is 37.3 Å². The van der Waals surface area contributed by atoms with E-state index in [4.69, 9.17) is 4.98 Å². The van der Waals surface area contributed by atoms with Crippen molar-refractivity contribution >= 4 is 16.9 Å². The number of carbonyl (C=O) groups excluding carboxylic acids is 1. The zero-order valence-electron chi connectivity index (χ0n) is 15.7. The van der Waals surface area contributed by atoms with Crippen LogP contribution >= 0.6 is 0 Å². The van der Waals surface area contributed by atoms with Gasteiger partial charge in [-0.15, -0.1) is 0 Å². The molecule has 0 saturated heterocycles. The van der Waals surface area contributed by atoms with Gasteiger partial charge in [0.2, 0.25) is 0 Å². The fourth-order valence-corrected chi connectivity index (χ4v) is 3.14. The Kier molecular flexibility index (Phi) is 6.05. The Hall–Kier alpha value is -2.62. The van der Waals surface area contributed by atoms with Crippen LogP contribution in [0.3, 0.4) is 0 Å². The number of amides is 1. The van der Waals surface area contributed by atoms with Gasteiger partial charge in [0.1, 0.15) is 5.82 Å². The maximum absolute atomic E-state index is 12.2. The highest BCUT2D eigenvalue weighted by atomic mass is 16.1. The van der Waals surface area contributed by atoms with Crippen molar-refractivity contribution in [3.8, 4) is 0 Å². The maximum atomic E-state index is 12.2. The number of unbranched alkanes of at least 4 members (excludes halogenated alkanes) is 1. The summed E-state index contributed by atoms with van der Waals surface area (Å²) in [4.78, 5) is 17.0. The van der Waals surface area contributed by atoms with Crippen molar-refractivity contribution in [1.82, 2.24) is 14.9 Å². The van der Waals surface area contributed by atoms with Gasteiger partial charge in [-0.3, -0.25) is 4.79 Å². The van der Waals surface area contributed by atoms with E-state index in [9.17, 15) is 4.79 Å². The molecule has 1 amide bonds. The van der Waals surface area contributed by atoms with Gasteiger partial charge in [-0.2, -0.15) is 0 Å². The van der Waals surface area contributed by atoms with E-state index in [1.165, 1.54) is 11.9 Å². The molecule has 0 aliphatic heterocycles. The minimum Gasteiger partial charge on any atom is -0.352 e. The SMILES string of the molecule is CCCCn1c(CCCNC(=O)c2ccc(C)cc2)nc2ccccc21. The third kappa shape index (κ3) is 4.31. The van der Waals surface area contributed by atoms with Crippen LogP contribution in [-0.2, 0) is 13.0 Å². The maximum Gasteiger partial charge on any atom is 0.251 e. The van der Waals surface area contributed by atoms with Crippen LogP contribution in [0.5, 0.6) is 0 Å². The molecule has 0 saturated carbocycles. The molecule has 1 aromatic heterocycles. The Morgan fingerprint density at radius 2 is 1.85 bits per heavy atom. The van der Waals surface area contributed by atoms with E-state index in [-0.39, 0.29) is 5.91 Å². The van der Waals surface area contributed by atoms with E-state index in [0.717, 1.165) is 42.7 Å². The highest BCUT2D eigenvalue weighted by Crippen LogP contribution is 2.18. The molecule has 2 aromatic carbocycles. The monoisotopic (exact) mass is 349 g/mol. The van der Waals surface area contributed by atoms with Crippen LogP contribution in [0.4, 0.5) is 0 Å². The van der Waals surface area contributed by atoms with Crippen LogP contribution in [0, 0.1) is 6.92 Å². The second-order valence-corrected chi connectivity index (χ2v) is 6.75. The van der Waals surface area contributed by atoms with Crippen LogP contribution in [0.15, 0.2) is 48.5 Å². The summed E-state index contributed by atoms with van der Waals surface area (Å²) in [5.41, 5.74) is 4.14. The van der Waals surface area contributed by atoms with Crippen molar-refractivity contribution < 1.29 is 4.79 Å². The first-order chi connectivity index (χ1) is 12.7. The quantitative estimate of drug-likeness (QED) is 0.608. The molecule has 0 fully saturated rings. The molecule has 26 heavy (non-hydrogen) atoms. The van der Waals surface area contributed by atoms with Crippen LogP contribution in [0.25, 0.3) is 11.0 Å². The molecule has 0 aliphatic carbocycles. The van der Waals surface area contributed by atoms with Gasteiger partial charge in [-0.25, -0.2) is 4.98 Å². The second-order valence-electron chi connectivity index (χ2n) is 6.75. The summed E-state index contributed by atoms with van der Waals surface area (Å²) in [5, 5.41) is 3.01. The molecule has 1 heterocycles. The standard InChI is InChI=1S/C22H27N3O/c1-3-4-16-25-20-9-6-5-8-19(20)24-21(25)10-7-15-23-22(26)18-13-11-17(2)12-14-18/h5-6,8-9,11-14H,3-4,7,10,15-16H2,1-2H3,(H,23,26). The first-order valence-electron chi connectivity index (χ1n) is 9.48. The zero-order chi connectivity index (χ0) is 18.4. The van der Waals surface area contributed by atoms with Gasteiger partial charge in [0, 0.05) is 25.1 Å². The predicted molar refractivity (Wildman–Crippen MR) is 106 cm³/mol. The molecule has 4 heteroatoms. The number of fused-ring (bicyclic) bond motifs is 1. The third-order valence-electron chi connectivity index (χ3n) is 4.65. The molecule has 3 rings (SSSR count). The lowest BCUT2D eigenvalue weighted by Gasteiger charge is -2.09. The van der Waals surface area contributed by atoms with Gasteiger partial charge < -0.3 is 9.88 Å². The first kappa shape index (κ1) is 18.2. The fraction of sp³-hybridized carbons (Fsp3) is 0.364. The van der Waals surface area contributed by atoms with Crippen LogP contribution in [-0.4, -0.2) is 22.0 Å². The molecule has 0 unspecified atom stereocenters. The van der Waals surface area contributed by atoms with Crippen molar-refractivity contribution in [2.24, 2.45) is 0 Å². The van der Waals surface area contributed by atoms with Gasteiger partial charge in [0.05, 0.1) is 11.0 Å². The van der Waals surface area contributed by atoms with Crippen molar-refractivity contribution in [3.05, 3.63) is 65.5 Å². The van der Waals surface area contributed by atoms with Crippen LogP contribution < -0.4 is 5.32 Å². The smallest absolute Gasteiger partial charge is 0.251 e. The van der Waals surface area contributed by atoms with E-state index >= 15 is 0 Å². The average molecular weight is 349 g/mol. The van der Waals surface area contributed by atoms with Gasteiger partial charge in [0.25, 0.3) is 5.91 Å². The topological polar surface area (TPSA) is 46.9 Å². The Bertz CT molecular complexity index is 865. The van der Waals surface area contributed by atoms with E-state index in [1.54, 1.807) is 0 Å². The summed E-state index contributed by atoms with van der Waals surface area (Å²) < 4.78 is 2.33. The number of carbonyl (C=O) groups is 1. The van der Waals surface area contributed by atoms with E-state index in [2.05, 4.69) is 35.0 Å². The van der Waals surface area contributed by atoms with Gasteiger partial charge in [0.15, 0.2) is 0 Å². The summed E-state index contributed by atoms with van der Waals surface area (Å²) in [7, 11) is 0. The lowest BCUT2D eigenvalue weighted by molar-refractivity contribution is 0.0953. The van der Waals surface area contributed by atoms with Gasteiger partial charge >= 0.3 is 0 Å². The number of hydrogen-bond donors (Lipinski definition) is 1. The van der Waals surface area contributed by atoms with Gasteiger partial charge in [-0.1, -0.05) is 43.2 Å². The Labute approximate surface area is 155 Å². The number of aryl methyl sites for hydroxylation is 3. The second kappa shape index (κ2) is 8.65. The molecule has 0 radical (unpaired) electrons. The van der Waals surface area contributed by atoms with E-state index in [0.29, 0.717) is 12.1 Å². The zero-order valence-corrected chi connectivity index (χ0v) is 15.7. The molecule has 4 nitrogen and oxygen atoms in total.